The van der Waals surface area contributed by atoms with E-state index >= 15 is 0 Å². The number of anilines is 1. The van der Waals surface area contributed by atoms with Crippen molar-refractivity contribution >= 4 is 17.4 Å². The van der Waals surface area contributed by atoms with Gasteiger partial charge in [-0.1, -0.05) is 23.7 Å². The molecule has 1 N–H and O–H groups in total. The highest BCUT2D eigenvalue weighted by Crippen LogP contribution is 2.37. The van der Waals surface area contributed by atoms with E-state index in [1.807, 2.05) is 12.1 Å². The first-order valence-electron chi connectivity index (χ1n) is 7.72. The number of hydrogen-bond donors (Lipinski definition) is 1. The monoisotopic (exact) mass is 315 g/mol. The van der Waals surface area contributed by atoms with Gasteiger partial charge in [0, 0.05) is 35.8 Å². The summed E-state index contributed by atoms with van der Waals surface area (Å²) in [5, 5.41) is 10.3. The lowest BCUT2D eigenvalue weighted by Gasteiger charge is -2.33. The molecule has 0 saturated heterocycles. The fourth-order valence-electron chi connectivity index (χ4n) is 3.35. The van der Waals surface area contributed by atoms with Crippen LogP contribution in [0.2, 0.25) is 5.02 Å². The van der Waals surface area contributed by atoms with E-state index < -0.39 is 0 Å². The Morgan fingerprint density at radius 3 is 2.91 bits per heavy atom. The van der Waals surface area contributed by atoms with Crippen LogP contribution >= 0.6 is 11.6 Å². The predicted octanol–water partition coefficient (Wildman–Crippen LogP) is 2.93. The van der Waals surface area contributed by atoms with Crippen LogP contribution in [0, 0.1) is 0 Å². The molecule has 0 atom stereocenters. The van der Waals surface area contributed by atoms with Crippen molar-refractivity contribution in [3.8, 4) is 0 Å². The maximum atomic E-state index is 9.47. The van der Waals surface area contributed by atoms with E-state index in [-0.39, 0.29) is 6.10 Å². The van der Waals surface area contributed by atoms with Gasteiger partial charge >= 0.3 is 0 Å². The molecule has 1 aromatic carbocycles. The minimum atomic E-state index is -0.160. The van der Waals surface area contributed by atoms with Gasteiger partial charge < -0.3 is 10.0 Å². The van der Waals surface area contributed by atoms with E-state index in [0.717, 1.165) is 48.9 Å². The van der Waals surface area contributed by atoms with E-state index in [4.69, 9.17) is 11.6 Å². The Kier molecular flexibility index (Phi) is 3.51. The molecule has 4 nitrogen and oxygen atoms in total. The fourth-order valence-corrected chi connectivity index (χ4v) is 3.63. The van der Waals surface area contributed by atoms with Gasteiger partial charge in [-0.2, -0.15) is 0 Å². The van der Waals surface area contributed by atoms with Gasteiger partial charge in [-0.25, -0.2) is 9.97 Å². The van der Waals surface area contributed by atoms with E-state index in [0.29, 0.717) is 5.92 Å². The SMILES string of the molecule is OC1CC(c2cc(N3CCc4c(Cl)cccc4C3)ncn2)C1. The lowest BCUT2D eigenvalue weighted by atomic mass is 9.80. The highest BCUT2D eigenvalue weighted by Gasteiger charge is 2.30. The van der Waals surface area contributed by atoms with Crippen molar-refractivity contribution in [2.24, 2.45) is 0 Å². The standard InChI is InChI=1S/C17H18ClN3O/c18-15-3-1-2-11-9-21(5-4-14(11)15)17-8-16(19-10-20-17)12-6-13(22)7-12/h1-3,8,10,12-13,22H,4-7,9H2. The number of halogens is 1. The van der Waals surface area contributed by atoms with Gasteiger partial charge in [0.2, 0.25) is 0 Å². The van der Waals surface area contributed by atoms with Gasteiger partial charge in [0.15, 0.2) is 0 Å². The summed E-state index contributed by atoms with van der Waals surface area (Å²) in [4.78, 5) is 11.1. The number of rotatable bonds is 2. The van der Waals surface area contributed by atoms with E-state index in [1.165, 1.54) is 11.1 Å². The molecular weight excluding hydrogens is 298 g/mol. The van der Waals surface area contributed by atoms with Crippen molar-refractivity contribution in [1.82, 2.24) is 9.97 Å². The van der Waals surface area contributed by atoms with Crippen LogP contribution in [0.5, 0.6) is 0 Å². The molecule has 114 valence electrons. The number of aliphatic hydroxyl groups is 1. The lowest BCUT2D eigenvalue weighted by Crippen LogP contribution is -2.32. The Balaban J connectivity index is 1.57. The summed E-state index contributed by atoms with van der Waals surface area (Å²) in [6, 6.07) is 8.18. The quantitative estimate of drug-likeness (QED) is 0.925. The summed E-state index contributed by atoms with van der Waals surface area (Å²) in [6.45, 7) is 1.75. The zero-order valence-corrected chi connectivity index (χ0v) is 13.0. The smallest absolute Gasteiger partial charge is 0.132 e. The maximum Gasteiger partial charge on any atom is 0.132 e. The number of fused-ring (bicyclic) bond motifs is 1. The first-order chi connectivity index (χ1) is 10.7. The zero-order chi connectivity index (χ0) is 15.1. The highest BCUT2D eigenvalue weighted by atomic mass is 35.5. The van der Waals surface area contributed by atoms with Crippen LogP contribution in [0.15, 0.2) is 30.6 Å². The van der Waals surface area contributed by atoms with E-state index in [9.17, 15) is 5.11 Å². The molecule has 1 aromatic heterocycles. The molecule has 0 spiro atoms. The summed E-state index contributed by atoms with van der Waals surface area (Å²) >= 11 is 6.27. The number of nitrogens with zero attached hydrogens (tertiary/aromatic N) is 3. The van der Waals surface area contributed by atoms with Gasteiger partial charge in [0.05, 0.1) is 6.10 Å². The van der Waals surface area contributed by atoms with Crippen LogP contribution in [0.3, 0.4) is 0 Å². The Hall–Kier alpha value is -1.65. The second-order valence-corrected chi connectivity index (χ2v) is 6.58. The number of aromatic nitrogens is 2. The molecule has 0 radical (unpaired) electrons. The van der Waals surface area contributed by atoms with Crippen molar-refractivity contribution in [3.05, 3.63) is 52.4 Å². The second kappa shape index (κ2) is 5.52. The molecular formula is C17H18ClN3O. The number of aliphatic hydroxyl groups excluding tert-OH is 1. The molecule has 0 bridgehead atoms. The van der Waals surface area contributed by atoms with E-state index in [1.54, 1.807) is 6.33 Å². The first-order valence-corrected chi connectivity index (χ1v) is 8.09. The molecule has 22 heavy (non-hydrogen) atoms. The normalized spacial score (nSPS) is 23.8. The summed E-state index contributed by atoms with van der Waals surface area (Å²) in [5.41, 5.74) is 3.59. The maximum absolute atomic E-state index is 9.47. The van der Waals surface area contributed by atoms with Crippen LogP contribution in [0.1, 0.15) is 35.6 Å². The Bertz CT molecular complexity index is 700. The molecule has 2 heterocycles. The molecule has 4 rings (SSSR count). The minimum Gasteiger partial charge on any atom is -0.393 e. The van der Waals surface area contributed by atoms with Crippen LogP contribution in [0.25, 0.3) is 0 Å². The summed E-state index contributed by atoms with van der Waals surface area (Å²) < 4.78 is 0. The minimum absolute atomic E-state index is 0.160. The van der Waals surface area contributed by atoms with Crippen LogP contribution in [-0.2, 0) is 13.0 Å². The zero-order valence-electron chi connectivity index (χ0n) is 12.2. The fraction of sp³-hybridized carbons (Fsp3) is 0.412. The molecule has 1 aliphatic heterocycles. The van der Waals surface area contributed by atoms with Gasteiger partial charge in [-0.15, -0.1) is 0 Å². The highest BCUT2D eigenvalue weighted by molar-refractivity contribution is 6.31. The van der Waals surface area contributed by atoms with Crippen molar-refractivity contribution in [2.75, 3.05) is 11.4 Å². The van der Waals surface area contributed by atoms with Crippen LogP contribution in [0.4, 0.5) is 5.82 Å². The third kappa shape index (κ3) is 2.46. The Labute approximate surface area is 134 Å². The van der Waals surface area contributed by atoms with Crippen molar-refractivity contribution in [2.45, 2.75) is 37.8 Å². The summed E-state index contributed by atoms with van der Waals surface area (Å²) in [5.74, 6) is 1.35. The van der Waals surface area contributed by atoms with Crippen molar-refractivity contribution in [1.29, 1.82) is 0 Å². The van der Waals surface area contributed by atoms with Crippen LogP contribution in [-0.4, -0.2) is 27.7 Å². The molecule has 2 aromatic rings. The topological polar surface area (TPSA) is 49.2 Å². The Morgan fingerprint density at radius 2 is 2.09 bits per heavy atom. The van der Waals surface area contributed by atoms with Crippen molar-refractivity contribution in [3.63, 3.8) is 0 Å². The van der Waals surface area contributed by atoms with Gasteiger partial charge in [0.25, 0.3) is 0 Å². The molecule has 1 aliphatic carbocycles. The second-order valence-electron chi connectivity index (χ2n) is 6.17. The third-order valence-corrected chi connectivity index (χ3v) is 5.09. The van der Waals surface area contributed by atoms with Gasteiger partial charge in [0.1, 0.15) is 12.1 Å². The number of benzene rings is 1. The third-order valence-electron chi connectivity index (χ3n) is 4.74. The average molecular weight is 316 g/mol. The largest absolute Gasteiger partial charge is 0.393 e. The van der Waals surface area contributed by atoms with Crippen molar-refractivity contribution < 1.29 is 5.11 Å². The molecule has 1 fully saturated rings. The number of hydrogen-bond acceptors (Lipinski definition) is 4. The van der Waals surface area contributed by atoms with Crippen LogP contribution < -0.4 is 4.90 Å². The first kappa shape index (κ1) is 14.0. The molecule has 5 heteroatoms. The molecule has 0 unspecified atom stereocenters. The lowest BCUT2D eigenvalue weighted by molar-refractivity contribution is 0.0732. The average Bonchev–Trinajstić information content (AvgIpc) is 2.52. The van der Waals surface area contributed by atoms with E-state index in [2.05, 4.69) is 27.0 Å². The predicted molar refractivity (Wildman–Crippen MR) is 86.2 cm³/mol. The Morgan fingerprint density at radius 1 is 1.23 bits per heavy atom. The van der Waals surface area contributed by atoms with Gasteiger partial charge in [-0.05, 0) is 36.5 Å². The molecule has 2 aliphatic rings. The van der Waals surface area contributed by atoms with Gasteiger partial charge in [-0.3, -0.25) is 0 Å². The summed E-state index contributed by atoms with van der Waals surface area (Å²) in [6.07, 6.45) is 4.05. The molecule has 1 saturated carbocycles. The molecule has 0 amide bonds. The summed E-state index contributed by atoms with van der Waals surface area (Å²) in [7, 11) is 0.